The minimum Gasteiger partial charge on any atom is -0.337 e. The van der Waals surface area contributed by atoms with Crippen molar-refractivity contribution in [3.8, 4) is 0 Å². The van der Waals surface area contributed by atoms with Crippen LogP contribution in [0.25, 0.3) is 0 Å². The van der Waals surface area contributed by atoms with Gasteiger partial charge in [0.15, 0.2) is 0 Å². The lowest BCUT2D eigenvalue weighted by molar-refractivity contribution is -0.114. The molecular weight excluding hydrogens is 303 g/mol. The molecule has 0 saturated carbocycles. The Kier molecular flexibility index (Phi) is 5.45. The maximum atomic E-state index is 14.0. The standard InChI is InChI=1S/C16H21FN2O2S/c1-10(2)15-9-19(6-7-22-15)16(21)13-8-12(18-11(3)20)4-5-14(13)17/h4-5,8,10,15H,6-7,9H2,1-3H3,(H,18,20)/t15-/m1/s1. The van der Waals surface area contributed by atoms with Crippen molar-refractivity contribution in [2.24, 2.45) is 5.92 Å². The van der Waals surface area contributed by atoms with Crippen LogP contribution < -0.4 is 5.32 Å². The van der Waals surface area contributed by atoms with Gasteiger partial charge in [0.05, 0.1) is 5.56 Å². The molecule has 0 bridgehead atoms. The zero-order chi connectivity index (χ0) is 16.3. The fourth-order valence-electron chi connectivity index (χ4n) is 2.40. The molecule has 1 aromatic carbocycles. The summed E-state index contributed by atoms with van der Waals surface area (Å²) in [6.45, 7) is 6.88. The number of thioether (sulfide) groups is 1. The molecule has 1 heterocycles. The molecule has 0 unspecified atom stereocenters. The molecule has 22 heavy (non-hydrogen) atoms. The molecule has 1 N–H and O–H groups in total. The molecule has 0 aromatic heterocycles. The van der Waals surface area contributed by atoms with Gasteiger partial charge in [-0.15, -0.1) is 0 Å². The highest BCUT2D eigenvalue weighted by Crippen LogP contribution is 2.26. The van der Waals surface area contributed by atoms with Gasteiger partial charge in [-0.3, -0.25) is 9.59 Å². The first-order valence-electron chi connectivity index (χ1n) is 7.36. The highest BCUT2D eigenvalue weighted by Gasteiger charge is 2.28. The number of hydrogen-bond donors (Lipinski definition) is 1. The first-order chi connectivity index (χ1) is 10.4. The fraction of sp³-hybridized carbons (Fsp3) is 0.500. The van der Waals surface area contributed by atoms with E-state index in [0.717, 1.165) is 5.75 Å². The molecule has 0 aliphatic carbocycles. The Morgan fingerprint density at radius 2 is 2.14 bits per heavy atom. The second kappa shape index (κ2) is 7.13. The molecule has 2 amide bonds. The van der Waals surface area contributed by atoms with Crippen molar-refractivity contribution in [1.82, 2.24) is 4.90 Å². The topological polar surface area (TPSA) is 49.4 Å². The third-order valence-electron chi connectivity index (χ3n) is 3.64. The van der Waals surface area contributed by atoms with Crippen molar-refractivity contribution < 1.29 is 14.0 Å². The first kappa shape index (κ1) is 16.8. The summed E-state index contributed by atoms with van der Waals surface area (Å²) in [6.07, 6.45) is 0. The van der Waals surface area contributed by atoms with Gasteiger partial charge in [0.1, 0.15) is 5.82 Å². The minimum atomic E-state index is -0.557. The second-order valence-electron chi connectivity index (χ2n) is 5.78. The Morgan fingerprint density at radius 3 is 2.77 bits per heavy atom. The van der Waals surface area contributed by atoms with Crippen molar-refractivity contribution in [3.63, 3.8) is 0 Å². The Hall–Kier alpha value is -1.56. The molecule has 1 aromatic rings. The molecule has 4 nitrogen and oxygen atoms in total. The van der Waals surface area contributed by atoms with Crippen LogP contribution in [0.4, 0.5) is 10.1 Å². The van der Waals surface area contributed by atoms with E-state index in [1.807, 2.05) is 11.8 Å². The molecule has 120 valence electrons. The summed E-state index contributed by atoms with van der Waals surface area (Å²) in [4.78, 5) is 25.4. The fourth-order valence-corrected chi connectivity index (χ4v) is 3.70. The Morgan fingerprint density at radius 1 is 1.41 bits per heavy atom. The maximum Gasteiger partial charge on any atom is 0.256 e. The predicted molar refractivity (Wildman–Crippen MR) is 87.7 cm³/mol. The molecule has 1 atom stereocenters. The highest BCUT2D eigenvalue weighted by molar-refractivity contribution is 8.00. The zero-order valence-electron chi connectivity index (χ0n) is 13.1. The van der Waals surface area contributed by atoms with Gasteiger partial charge < -0.3 is 10.2 Å². The van der Waals surface area contributed by atoms with E-state index in [1.54, 1.807) is 4.90 Å². The second-order valence-corrected chi connectivity index (χ2v) is 7.13. The highest BCUT2D eigenvalue weighted by atomic mass is 32.2. The molecule has 1 aliphatic heterocycles. The molecule has 1 aliphatic rings. The number of nitrogens with one attached hydrogen (secondary N) is 1. The number of carbonyl (C=O) groups excluding carboxylic acids is 2. The zero-order valence-corrected chi connectivity index (χ0v) is 13.9. The van der Waals surface area contributed by atoms with E-state index in [0.29, 0.717) is 29.9 Å². The molecule has 2 rings (SSSR count). The van der Waals surface area contributed by atoms with Gasteiger partial charge in [0, 0.05) is 36.7 Å². The van der Waals surface area contributed by atoms with Gasteiger partial charge in [0.25, 0.3) is 5.91 Å². The third kappa shape index (κ3) is 4.00. The van der Waals surface area contributed by atoms with Crippen LogP contribution in [-0.4, -0.2) is 40.8 Å². The van der Waals surface area contributed by atoms with Crippen LogP contribution in [0.1, 0.15) is 31.1 Å². The van der Waals surface area contributed by atoms with E-state index in [9.17, 15) is 14.0 Å². The summed E-state index contributed by atoms with van der Waals surface area (Å²) in [7, 11) is 0. The number of carbonyl (C=O) groups is 2. The van der Waals surface area contributed by atoms with E-state index in [2.05, 4.69) is 19.2 Å². The molecule has 6 heteroatoms. The average Bonchev–Trinajstić information content (AvgIpc) is 2.48. The summed E-state index contributed by atoms with van der Waals surface area (Å²) in [5.41, 5.74) is 0.449. The van der Waals surface area contributed by atoms with Gasteiger partial charge in [-0.1, -0.05) is 13.8 Å². The number of nitrogens with zero attached hydrogens (tertiary/aromatic N) is 1. The summed E-state index contributed by atoms with van der Waals surface area (Å²) in [6, 6.07) is 4.08. The molecule has 1 fully saturated rings. The lowest BCUT2D eigenvalue weighted by Gasteiger charge is -2.34. The summed E-state index contributed by atoms with van der Waals surface area (Å²) in [5, 5.41) is 2.95. The number of benzene rings is 1. The van der Waals surface area contributed by atoms with E-state index < -0.39 is 5.82 Å². The van der Waals surface area contributed by atoms with Crippen LogP contribution in [-0.2, 0) is 4.79 Å². The lowest BCUT2D eigenvalue weighted by atomic mass is 10.1. The minimum absolute atomic E-state index is 0.0145. The summed E-state index contributed by atoms with van der Waals surface area (Å²) < 4.78 is 14.0. The van der Waals surface area contributed by atoms with Crippen LogP contribution >= 0.6 is 11.8 Å². The predicted octanol–water partition coefficient (Wildman–Crippen LogP) is 3.00. The number of hydrogen-bond acceptors (Lipinski definition) is 3. The Bertz CT molecular complexity index is 577. The Labute approximate surface area is 134 Å². The quantitative estimate of drug-likeness (QED) is 0.930. The van der Waals surface area contributed by atoms with Crippen molar-refractivity contribution in [3.05, 3.63) is 29.6 Å². The normalized spacial score (nSPS) is 18.4. The van der Waals surface area contributed by atoms with Crippen LogP contribution in [0, 0.1) is 11.7 Å². The van der Waals surface area contributed by atoms with Crippen LogP contribution in [0.3, 0.4) is 0 Å². The molecule has 0 radical (unpaired) electrons. The number of rotatable bonds is 3. The van der Waals surface area contributed by atoms with E-state index in [-0.39, 0.29) is 17.4 Å². The van der Waals surface area contributed by atoms with E-state index in [4.69, 9.17) is 0 Å². The molecule has 0 spiro atoms. The molecule has 1 saturated heterocycles. The largest absolute Gasteiger partial charge is 0.337 e. The van der Waals surface area contributed by atoms with E-state index in [1.165, 1.54) is 25.1 Å². The van der Waals surface area contributed by atoms with Crippen molar-refractivity contribution >= 4 is 29.3 Å². The summed E-state index contributed by atoms with van der Waals surface area (Å²) >= 11 is 1.86. The third-order valence-corrected chi connectivity index (χ3v) is 5.18. The number of halogens is 1. The first-order valence-corrected chi connectivity index (χ1v) is 8.41. The van der Waals surface area contributed by atoms with E-state index >= 15 is 0 Å². The number of anilines is 1. The smallest absolute Gasteiger partial charge is 0.256 e. The maximum absolute atomic E-state index is 14.0. The van der Waals surface area contributed by atoms with Crippen molar-refractivity contribution in [2.75, 3.05) is 24.2 Å². The van der Waals surface area contributed by atoms with Crippen LogP contribution in [0.15, 0.2) is 18.2 Å². The average molecular weight is 324 g/mol. The number of amides is 2. The Balaban J connectivity index is 2.19. The lowest BCUT2D eigenvalue weighted by Crippen LogP contribution is -2.43. The van der Waals surface area contributed by atoms with Gasteiger partial charge in [0.2, 0.25) is 5.91 Å². The molecular formula is C16H21FN2O2S. The summed E-state index contributed by atoms with van der Waals surface area (Å²) in [5.74, 6) is 0.214. The van der Waals surface area contributed by atoms with Crippen LogP contribution in [0.2, 0.25) is 0 Å². The van der Waals surface area contributed by atoms with Crippen molar-refractivity contribution in [1.29, 1.82) is 0 Å². The van der Waals surface area contributed by atoms with Gasteiger partial charge in [-0.05, 0) is 24.1 Å². The SMILES string of the molecule is CC(=O)Nc1ccc(F)c(C(=O)N2CCS[C@@H](C(C)C)C2)c1. The van der Waals surface area contributed by atoms with Crippen LogP contribution in [0.5, 0.6) is 0 Å². The van der Waals surface area contributed by atoms with Gasteiger partial charge in [-0.2, -0.15) is 11.8 Å². The van der Waals surface area contributed by atoms with Gasteiger partial charge in [-0.25, -0.2) is 4.39 Å². The monoisotopic (exact) mass is 324 g/mol. The van der Waals surface area contributed by atoms with Gasteiger partial charge >= 0.3 is 0 Å². The van der Waals surface area contributed by atoms with Crippen molar-refractivity contribution in [2.45, 2.75) is 26.0 Å².